The zero-order chi connectivity index (χ0) is 36.6. The van der Waals surface area contributed by atoms with E-state index in [2.05, 4.69) is 164 Å². The third-order valence-corrected chi connectivity index (χ3v) is 11.2. The lowest BCUT2D eigenvalue weighted by atomic mass is 9.34. The third-order valence-electron chi connectivity index (χ3n) is 11.2. The molecule has 2 aliphatic heterocycles. The van der Waals surface area contributed by atoms with Gasteiger partial charge in [0.15, 0.2) is 5.58 Å². The predicted octanol–water partition coefficient (Wildman–Crippen LogP) is 11.7. The van der Waals surface area contributed by atoms with E-state index < -0.39 is 0 Å². The zero-order valence-electron chi connectivity index (χ0n) is 30.4. The summed E-state index contributed by atoms with van der Waals surface area (Å²) < 4.78 is 20.7. The van der Waals surface area contributed by atoms with Gasteiger partial charge in [0.1, 0.15) is 28.6 Å². The first-order chi connectivity index (χ1) is 27.1. The second-order valence-electron chi connectivity index (χ2n) is 14.6. The van der Waals surface area contributed by atoms with Crippen LogP contribution in [0.4, 0.5) is 17.1 Å². The molecule has 1 aromatic heterocycles. The molecule has 0 unspecified atom stereocenters. The van der Waals surface area contributed by atoms with Gasteiger partial charge in [0.25, 0.3) is 6.71 Å². The van der Waals surface area contributed by atoms with E-state index in [9.17, 15) is 0 Å². The average molecular weight is 708 g/mol. The number of benzene rings is 8. The Hall–Kier alpha value is -6.98. The summed E-state index contributed by atoms with van der Waals surface area (Å²) >= 11 is 0. The Morgan fingerprint density at radius 3 is 1.69 bits per heavy atom. The van der Waals surface area contributed by atoms with Crippen LogP contribution in [0.25, 0.3) is 44.2 Å². The van der Waals surface area contributed by atoms with Gasteiger partial charge in [0.05, 0.1) is 11.4 Å². The van der Waals surface area contributed by atoms with Crippen LogP contribution in [0.1, 0.15) is 11.1 Å². The highest BCUT2D eigenvalue weighted by Gasteiger charge is 2.41. The molecule has 4 nitrogen and oxygen atoms in total. The minimum Gasteiger partial charge on any atom is -0.458 e. The summed E-state index contributed by atoms with van der Waals surface area (Å²) in [5.74, 6) is 3.25. The van der Waals surface area contributed by atoms with Crippen molar-refractivity contribution in [2.75, 3.05) is 4.90 Å². The molecule has 260 valence electrons. The molecule has 0 saturated carbocycles. The number of hydrogen-bond acceptors (Lipinski definition) is 4. The molecule has 0 N–H and O–H groups in total. The number of fused-ring (bicyclic) bond motifs is 7. The lowest BCUT2D eigenvalue weighted by molar-refractivity contribution is 0.465. The summed E-state index contributed by atoms with van der Waals surface area (Å²) in [7, 11) is 0. The predicted molar refractivity (Wildman–Crippen MR) is 226 cm³/mol. The smallest absolute Gasteiger partial charge is 0.260 e. The van der Waals surface area contributed by atoms with Gasteiger partial charge in [-0.25, -0.2) is 0 Å². The molecule has 5 heteroatoms. The van der Waals surface area contributed by atoms with E-state index in [1.54, 1.807) is 0 Å². The van der Waals surface area contributed by atoms with Crippen molar-refractivity contribution in [1.29, 1.82) is 0 Å². The maximum Gasteiger partial charge on any atom is 0.260 e. The Balaban J connectivity index is 1.15. The largest absolute Gasteiger partial charge is 0.458 e. The van der Waals surface area contributed by atoms with Gasteiger partial charge in [0, 0.05) is 34.1 Å². The van der Waals surface area contributed by atoms with E-state index in [1.807, 2.05) is 24.3 Å². The highest BCUT2D eigenvalue weighted by atomic mass is 16.5. The summed E-state index contributed by atoms with van der Waals surface area (Å²) in [5.41, 5.74) is 14.7. The van der Waals surface area contributed by atoms with Gasteiger partial charge in [-0.3, -0.25) is 0 Å². The number of anilines is 3. The molecule has 9 aromatic rings. The van der Waals surface area contributed by atoms with Crippen LogP contribution >= 0.6 is 0 Å². The molecule has 11 rings (SSSR count). The summed E-state index contributed by atoms with van der Waals surface area (Å²) in [6, 6.07) is 59.8. The van der Waals surface area contributed by atoms with Crippen molar-refractivity contribution >= 4 is 62.1 Å². The van der Waals surface area contributed by atoms with Crippen LogP contribution in [0.2, 0.25) is 0 Å². The van der Waals surface area contributed by atoms with Crippen molar-refractivity contribution in [3.05, 3.63) is 181 Å². The number of furan rings is 1. The average Bonchev–Trinajstić information content (AvgIpc) is 3.61. The van der Waals surface area contributed by atoms with Gasteiger partial charge in [-0.1, -0.05) is 133 Å². The topological polar surface area (TPSA) is 34.8 Å². The second-order valence-corrected chi connectivity index (χ2v) is 14.6. The summed E-state index contributed by atoms with van der Waals surface area (Å²) in [5, 5.41) is 2.16. The SMILES string of the molecule is Cc1ccc(N(c2cc3c4c(c2)Oc2cc(-c5ccccc5)ccc2B4c2ccc(-c4ccccc4)cc2O3)c2cccc3c2oc2ccccc23)c(C)c1. The van der Waals surface area contributed by atoms with Gasteiger partial charge >= 0.3 is 0 Å². The quantitative estimate of drug-likeness (QED) is 0.167. The lowest BCUT2D eigenvalue weighted by Crippen LogP contribution is -2.57. The van der Waals surface area contributed by atoms with Gasteiger partial charge < -0.3 is 18.8 Å². The van der Waals surface area contributed by atoms with E-state index in [0.29, 0.717) is 0 Å². The molecular formula is C50H34BNO3. The van der Waals surface area contributed by atoms with Crippen molar-refractivity contribution in [3.8, 4) is 45.3 Å². The fourth-order valence-electron chi connectivity index (χ4n) is 8.60. The maximum absolute atomic E-state index is 7.01. The maximum atomic E-state index is 7.01. The molecule has 0 saturated heterocycles. The van der Waals surface area contributed by atoms with Crippen LogP contribution < -0.4 is 30.8 Å². The summed E-state index contributed by atoms with van der Waals surface area (Å²) in [6.07, 6.45) is 0. The van der Waals surface area contributed by atoms with Gasteiger partial charge in [0.2, 0.25) is 0 Å². The molecule has 2 aliphatic rings. The van der Waals surface area contributed by atoms with Crippen molar-refractivity contribution in [2.24, 2.45) is 0 Å². The molecule has 0 amide bonds. The first-order valence-electron chi connectivity index (χ1n) is 18.8. The molecule has 0 bridgehead atoms. The first kappa shape index (κ1) is 31.5. The molecular weight excluding hydrogens is 673 g/mol. The number of aryl methyl sites for hydroxylation is 2. The highest BCUT2D eigenvalue weighted by molar-refractivity contribution is 6.98. The van der Waals surface area contributed by atoms with Crippen molar-refractivity contribution in [3.63, 3.8) is 0 Å². The normalized spacial score (nSPS) is 12.4. The summed E-state index contributed by atoms with van der Waals surface area (Å²) in [4.78, 5) is 2.30. The van der Waals surface area contributed by atoms with E-state index in [1.165, 1.54) is 5.56 Å². The molecule has 55 heavy (non-hydrogen) atoms. The fourth-order valence-corrected chi connectivity index (χ4v) is 8.60. The fraction of sp³-hybridized carbons (Fsp3) is 0.0400. The van der Waals surface area contributed by atoms with Crippen LogP contribution in [0.3, 0.4) is 0 Å². The van der Waals surface area contributed by atoms with Crippen molar-refractivity contribution in [2.45, 2.75) is 13.8 Å². The minimum absolute atomic E-state index is 0.0745. The Kier molecular flexibility index (Phi) is 7.05. The Bertz CT molecular complexity index is 2860. The van der Waals surface area contributed by atoms with Gasteiger partial charge in [-0.15, -0.1) is 0 Å². The first-order valence-corrected chi connectivity index (χ1v) is 18.8. The molecule has 0 atom stereocenters. The highest BCUT2D eigenvalue weighted by Crippen LogP contribution is 2.47. The van der Waals surface area contributed by atoms with Gasteiger partial charge in [-0.05, 0) is 82.9 Å². The van der Waals surface area contributed by atoms with Crippen LogP contribution in [0, 0.1) is 13.8 Å². The van der Waals surface area contributed by atoms with Crippen LogP contribution in [-0.4, -0.2) is 6.71 Å². The monoisotopic (exact) mass is 707 g/mol. The zero-order valence-corrected chi connectivity index (χ0v) is 30.4. The van der Waals surface area contributed by atoms with Crippen molar-refractivity contribution < 1.29 is 13.9 Å². The number of para-hydroxylation sites is 2. The second kappa shape index (κ2) is 12.3. The van der Waals surface area contributed by atoms with E-state index >= 15 is 0 Å². The van der Waals surface area contributed by atoms with Crippen LogP contribution in [-0.2, 0) is 0 Å². The van der Waals surface area contributed by atoms with Crippen LogP contribution in [0.5, 0.6) is 23.0 Å². The lowest BCUT2D eigenvalue weighted by Gasteiger charge is -2.35. The Morgan fingerprint density at radius 2 is 1.05 bits per heavy atom. The van der Waals surface area contributed by atoms with E-state index in [4.69, 9.17) is 13.9 Å². The Morgan fingerprint density at radius 1 is 0.455 bits per heavy atom. The Labute approximate surface area is 319 Å². The third kappa shape index (κ3) is 5.08. The van der Waals surface area contributed by atoms with E-state index in [0.717, 1.165) is 106 Å². The molecule has 0 aliphatic carbocycles. The number of rotatable bonds is 5. The summed E-state index contributed by atoms with van der Waals surface area (Å²) in [6.45, 7) is 4.23. The molecule has 8 aromatic carbocycles. The van der Waals surface area contributed by atoms with Crippen LogP contribution in [0.15, 0.2) is 174 Å². The van der Waals surface area contributed by atoms with Gasteiger partial charge in [-0.2, -0.15) is 0 Å². The van der Waals surface area contributed by atoms with Crippen molar-refractivity contribution in [1.82, 2.24) is 0 Å². The standard InChI is InChI=1S/C50H34BNO3/c1-31-20-25-42(32(2)26-31)52(43-18-11-17-39-38-16-9-10-19-44(38)55-50(39)43)37-29-47-49-48(30-37)54-46-28-36(34-14-7-4-8-15-34)22-24-41(46)51(49)40-23-21-35(27-45(40)53-47)33-12-5-3-6-13-33/h3-30H,1-2H3. The molecule has 0 radical (unpaired) electrons. The minimum atomic E-state index is -0.0745. The number of hydrogen-bond donors (Lipinski definition) is 0. The molecule has 0 spiro atoms. The number of ether oxygens (including phenoxy) is 2. The molecule has 3 heterocycles. The van der Waals surface area contributed by atoms with E-state index in [-0.39, 0.29) is 6.71 Å². The number of nitrogens with zero attached hydrogens (tertiary/aromatic N) is 1. The molecule has 0 fully saturated rings.